The van der Waals surface area contributed by atoms with E-state index in [0.29, 0.717) is 28.8 Å². The Hall–Kier alpha value is -2.52. The van der Waals surface area contributed by atoms with Gasteiger partial charge in [-0.1, -0.05) is 24.3 Å². The molecule has 1 aliphatic rings. The summed E-state index contributed by atoms with van der Waals surface area (Å²) in [6.45, 7) is 3.15. The predicted molar refractivity (Wildman–Crippen MR) is 147 cm³/mol. The van der Waals surface area contributed by atoms with Gasteiger partial charge in [0, 0.05) is 19.0 Å². The van der Waals surface area contributed by atoms with E-state index >= 15 is 0 Å². The number of carbonyl (C=O) groups is 2. The molecule has 0 radical (unpaired) electrons. The summed E-state index contributed by atoms with van der Waals surface area (Å²) in [4.78, 5) is 28.0. The minimum Gasteiger partial charge on any atom is -0.494 e. The molecule has 1 fully saturated rings. The maximum Gasteiger partial charge on any atom is 0.349 e. The van der Waals surface area contributed by atoms with Gasteiger partial charge in [0.15, 0.2) is 0 Å². The third kappa shape index (κ3) is 7.08. The quantitative estimate of drug-likeness (QED) is 0.243. The lowest BCUT2D eigenvalue weighted by molar-refractivity contribution is -0.169. The highest BCUT2D eigenvalue weighted by Crippen LogP contribution is 2.38. The fourth-order valence-electron chi connectivity index (χ4n) is 4.81. The van der Waals surface area contributed by atoms with E-state index in [1.54, 1.807) is 19.1 Å². The first-order valence-corrected chi connectivity index (χ1v) is 14.5. The first-order chi connectivity index (χ1) is 17.9. The molecule has 2 aromatic heterocycles. The van der Waals surface area contributed by atoms with Crippen molar-refractivity contribution >= 4 is 34.4 Å². The predicted octanol–water partition coefficient (Wildman–Crippen LogP) is 5.43. The van der Waals surface area contributed by atoms with Gasteiger partial charge < -0.3 is 19.5 Å². The average Bonchev–Trinajstić information content (AvgIpc) is 3.62. The summed E-state index contributed by atoms with van der Waals surface area (Å²) in [6.07, 6.45) is 4.65. The van der Waals surface area contributed by atoms with Crippen LogP contribution in [0.25, 0.3) is 0 Å². The molecule has 198 valence electrons. The highest BCUT2D eigenvalue weighted by atomic mass is 32.1. The number of ether oxygens (including phenoxy) is 2. The minimum absolute atomic E-state index is 0.155. The molecule has 0 saturated heterocycles. The van der Waals surface area contributed by atoms with Gasteiger partial charge in [-0.15, -0.1) is 22.7 Å². The molecule has 1 saturated carbocycles. The number of benzene rings is 1. The van der Waals surface area contributed by atoms with Crippen LogP contribution in [0.5, 0.6) is 5.75 Å². The van der Waals surface area contributed by atoms with Crippen LogP contribution in [0.4, 0.5) is 0 Å². The molecule has 1 aromatic carbocycles. The van der Waals surface area contributed by atoms with Crippen LogP contribution in [0.2, 0.25) is 0 Å². The van der Waals surface area contributed by atoms with Crippen LogP contribution >= 0.6 is 22.7 Å². The summed E-state index contributed by atoms with van der Waals surface area (Å²) >= 11 is 2.72. The second-order valence-corrected chi connectivity index (χ2v) is 11.6. The smallest absolute Gasteiger partial charge is 0.349 e. The molecular weight excluding hydrogens is 506 g/mol. The third-order valence-corrected chi connectivity index (χ3v) is 8.85. The number of Topliss-reactive ketones (excluding diaryl/α,β-unsaturated/α-hetero) is 1. The van der Waals surface area contributed by atoms with Crippen LogP contribution in [-0.2, 0) is 26.3 Å². The summed E-state index contributed by atoms with van der Waals surface area (Å²) in [7, 11) is 2.14. The molecule has 3 aromatic rings. The Balaban J connectivity index is 1.20. The largest absolute Gasteiger partial charge is 0.494 e. The van der Waals surface area contributed by atoms with Gasteiger partial charge in [0.25, 0.3) is 0 Å². The molecule has 1 N–H and O–H groups in total. The Morgan fingerprint density at radius 3 is 2.16 bits per heavy atom. The van der Waals surface area contributed by atoms with E-state index in [1.165, 1.54) is 22.7 Å². The van der Waals surface area contributed by atoms with Crippen molar-refractivity contribution in [1.29, 1.82) is 0 Å². The number of esters is 1. The van der Waals surface area contributed by atoms with Gasteiger partial charge >= 0.3 is 5.97 Å². The lowest BCUT2D eigenvalue weighted by Gasteiger charge is -2.35. The molecule has 0 spiro atoms. The lowest BCUT2D eigenvalue weighted by Crippen LogP contribution is -2.42. The number of aliphatic hydroxyl groups is 1. The molecule has 1 aliphatic carbocycles. The lowest BCUT2D eigenvalue weighted by atomic mass is 9.91. The minimum atomic E-state index is -1.75. The Morgan fingerprint density at radius 2 is 1.62 bits per heavy atom. The van der Waals surface area contributed by atoms with Gasteiger partial charge in [-0.2, -0.15) is 0 Å². The Labute approximate surface area is 226 Å². The molecule has 4 rings (SSSR count). The molecule has 2 heterocycles. The second kappa shape index (κ2) is 12.8. The summed E-state index contributed by atoms with van der Waals surface area (Å²) in [6, 6.07) is 15.4. The van der Waals surface area contributed by atoms with E-state index in [9.17, 15) is 14.7 Å². The number of nitrogens with zero attached hydrogens (tertiary/aromatic N) is 1. The summed E-state index contributed by atoms with van der Waals surface area (Å²) in [5, 5.41) is 15.2. The van der Waals surface area contributed by atoms with Gasteiger partial charge in [0.2, 0.25) is 5.60 Å². The van der Waals surface area contributed by atoms with Crippen LogP contribution in [0.15, 0.2) is 59.3 Å². The summed E-state index contributed by atoms with van der Waals surface area (Å²) in [5.74, 6) is 0.394. The van der Waals surface area contributed by atoms with Crippen LogP contribution in [0, 0.1) is 0 Å². The van der Waals surface area contributed by atoms with Gasteiger partial charge in [-0.3, -0.25) is 4.79 Å². The van der Waals surface area contributed by atoms with Crippen molar-refractivity contribution in [2.45, 2.75) is 63.2 Å². The number of hydrogen-bond donors (Lipinski definition) is 1. The van der Waals surface area contributed by atoms with E-state index in [4.69, 9.17) is 9.47 Å². The number of rotatable bonds is 12. The van der Waals surface area contributed by atoms with Crippen molar-refractivity contribution in [3.63, 3.8) is 0 Å². The van der Waals surface area contributed by atoms with Gasteiger partial charge in [-0.25, -0.2) is 4.79 Å². The van der Waals surface area contributed by atoms with Gasteiger partial charge in [-0.05, 0) is 86.7 Å². The molecule has 0 aliphatic heterocycles. The highest BCUT2D eigenvalue weighted by Gasteiger charge is 2.45. The van der Waals surface area contributed by atoms with Crippen LogP contribution in [-0.4, -0.2) is 54.1 Å². The highest BCUT2D eigenvalue weighted by molar-refractivity contribution is 7.12. The molecule has 0 atom stereocenters. The number of thiophene rings is 2. The topological polar surface area (TPSA) is 76.1 Å². The van der Waals surface area contributed by atoms with E-state index in [1.807, 2.05) is 47.2 Å². The Bertz CT molecular complexity index is 1090. The normalized spacial score (nSPS) is 18.1. The molecule has 8 heteroatoms. The number of ketones is 1. The Kier molecular flexibility index (Phi) is 9.54. The summed E-state index contributed by atoms with van der Waals surface area (Å²) in [5.41, 5.74) is -0.743. The van der Waals surface area contributed by atoms with E-state index in [-0.39, 0.29) is 11.9 Å². The first-order valence-electron chi connectivity index (χ1n) is 12.8. The van der Waals surface area contributed by atoms with E-state index < -0.39 is 11.6 Å². The van der Waals surface area contributed by atoms with Gasteiger partial charge in [0.05, 0.1) is 16.4 Å². The zero-order valence-electron chi connectivity index (χ0n) is 21.4. The zero-order chi connectivity index (χ0) is 26.3. The second-order valence-electron chi connectivity index (χ2n) is 9.71. The standard InChI is InChI=1S/C29H35NO5S2/c1-21(31)20-22-8-12-24(13-9-22)34-17-5-16-30(2)23-10-14-25(15-11-23)35-28(32)29(33,26-6-3-18-36-26)27-7-4-19-37-27/h3-4,6-9,12-13,18-19,23,25,33H,5,10-11,14-17,20H2,1-2H3. The number of hydrogen-bond acceptors (Lipinski definition) is 8. The van der Waals surface area contributed by atoms with Crippen LogP contribution < -0.4 is 4.74 Å². The van der Waals surface area contributed by atoms with E-state index in [0.717, 1.165) is 50.0 Å². The molecule has 37 heavy (non-hydrogen) atoms. The van der Waals surface area contributed by atoms with Crippen molar-refractivity contribution in [1.82, 2.24) is 4.90 Å². The zero-order valence-corrected chi connectivity index (χ0v) is 23.1. The maximum atomic E-state index is 13.2. The monoisotopic (exact) mass is 541 g/mol. The molecular formula is C29H35NO5S2. The average molecular weight is 542 g/mol. The van der Waals surface area contributed by atoms with Crippen molar-refractivity contribution in [3.8, 4) is 5.75 Å². The molecule has 0 amide bonds. The third-order valence-electron chi connectivity index (χ3n) is 6.89. The molecule has 0 unspecified atom stereocenters. The fourth-order valence-corrected chi connectivity index (χ4v) is 6.52. The SMILES string of the molecule is CC(=O)Cc1ccc(OCCCN(C)C2CCC(OC(=O)C(O)(c3cccs3)c3cccs3)CC2)cc1. The first kappa shape index (κ1) is 27.5. The maximum absolute atomic E-state index is 13.2. The fraction of sp³-hybridized carbons (Fsp3) is 0.448. The van der Waals surface area contributed by atoms with Crippen molar-refractivity contribution < 1.29 is 24.2 Å². The molecule has 6 nitrogen and oxygen atoms in total. The van der Waals surface area contributed by atoms with Crippen LogP contribution in [0.1, 0.15) is 54.3 Å². The van der Waals surface area contributed by atoms with Gasteiger partial charge in [0.1, 0.15) is 17.6 Å². The van der Waals surface area contributed by atoms with Crippen LogP contribution in [0.3, 0.4) is 0 Å². The van der Waals surface area contributed by atoms with Crippen molar-refractivity contribution in [2.24, 2.45) is 0 Å². The Morgan fingerprint density at radius 1 is 1.00 bits per heavy atom. The summed E-state index contributed by atoms with van der Waals surface area (Å²) < 4.78 is 11.7. The molecule has 0 bridgehead atoms. The van der Waals surface area contributed by atoms with Crippen molar-refractivity contribution in [3.05, 3.63) is 74.6 Å². The number of carbonyl (C=O) groups excluding carboxylic acids is 2. The van der Waals surface area contributed by atoms with E-state index in [2.05, 4.69) is 11.9 Å². The van der Waals surface area contributed by atoms with Crippen molar-refractivity contribution in [2.75, 3.05) is 20.2 Å².